The smallest absolute Gasteiger partial charge is 0.255 e. The molecule has 0 radical (unpaired) electrons. The summed E-state index contributed by atoms with van der Waals surface area (Å²) in [6.07, 6.45) is 5.54. The zero-order valence-electron chi connectivity index (χ0n) is 17.0. The Balaban J connectivity index is 1.42. The van der Waals surface area contributed by atoms with Gasteiger partial charge in [-0.2, -0.15) is 4.98 Å². The maximum Gasteiger partial charge on any atom is 0.255 e. The fraction of sp³-hybridized carbons (Fsp3) is 0.619. The first kappa shape index (κ1) is 18.7. The second-order valence-corrected chi connectivity index (χ2v) is 8.71. The van der Waals surface area contributed by atoms with Crippen LogP contribution in [0, 0.1) is 19.8 Å². The summed E-state index contributed by atoms with van der Waals surface area (Å²) in [5.74, 6) is 1.63. The zero-order chi connectivity index (χ0) is 20.0. The van der Waals surface area contributed by atoms with Crippen LogP contribution in [0.5, 0.6) is 0 Å². The number of carbonyl (C=O) groups excluding carboxylic acids is 1. The third-order valence-electron chi connectivity index (χ3n) is 6.71. The van der Waals surface area contributed by atoms with Crippen LogP contribution in [0.1, 0.15) is 40.5 Å². The van der Waals surface area contributed by atoms with Crippen LogP contribution < -0.4 is 0 Å². The topological polar surface area (TPSA) is 84.6 Å². The van der Waals surface area contributed by atoms with E-state index in [4.69, 9.17) is 9.26 Å². The Morgan fingerprint density at radius 3 is 2.72 bits per heavy atom. The predicted octanol–water partition coefficient (Wildman–Crippen LogP) is 1.59. The maximum absolute atomic E-state index is 13.2. The van der Waals surface area contributed by atoms with E-state index in [1.807, 2.05) is 24.8 Å². The standard InChI is InChI=1S/C21H27N5O3/c1-14-7-16(9-22-8-14)19(27)26-11-17-10-25(18-3-5-28-6-4-18)12-21(17,13-26)20-23-15(2)24-29-20/h7-9,17-18H,3-6,10-13H2,1-2H3/t17-,21-/m1/s1. The Morgan fingerprint density at radius 2 is 2.00 bits per heavy atom. The molecule has 8 nitrogen and oxygen atoms in total. The van der Waals surface area contributed by atoms with Gasteiger partial charge in [-0.25, -0.2) is 0 Å². The largest absolute Gasteiger partial charge is 0.381 e. The van der Waals surface area contributed by atoms with E-state index < -0.39 is 0 Å². The van der Waals surface area contributed by atoms with E-state index in [0.29, 0.717) is 36.4 Å². The first-order chi connectivity index (χ1) is 14.0. The van der Waals surface area contributed by atoms with E-state index in [1.54, 1.807) is 12.4 Å². The number of nitrogens with zero attached hydrogens (tertiary/aromatic N) is 5. The predicted molar refractivity (Wildman–Crippen MR) is 104 cm³/mol. The van der Waals surface area contributed by atoms with Crippen LogP contribution in [-0.2, 0) is 10.2 Å². The lowest BCUT2D eigenvalue weighted by atomic mass is 9.81. The second kappa shape index (κ2) is 7.18. The van der Waals surface area contributed by atoms with Crippen molar-refractivity contribution >= 4 is 5.91 Å². The summed E-state index contributed by atoms with van der Waals surface area (Å²) in [4.78, 5) is 26.5. The summed E-state index contributed by atoms with van der Waals surface area (Å²) in [5.41, 5.74) is 1.33. The molecule has 2 aromatic rings. The molecule has 2 aromatic heterocycles. The number of aryl methyl sites for hydroxylation is 2. The number of hydrogen-bond acceptors (Lipinski definition) is 7. The summed E-state index contributed by atoms with van der Waals surface area (Å²) < 4.78 is 11.2. The van der Waals surface area contributed by atoms with E-state index in [0.717, 1.165) is 44.7 Å². The lowest BCUT2D eigenvalue weighted by Gasteiger charge is -2.33. The molecule has 0 N–H and O–H groups in total. The highest BCUT2D eigenvalue weighted by Crippen LogP contribution is 2.45. The van der Waals surface area contributed by atoms with Gasteiger partial charge in [-0.05, 0) is 38.3 Å². The lowest BCUT2D eigenvalue weighted by molar-refractivity contribution is 0.0369. The Kier molecular flexibility index (Phi) is 4.63. The van der Waals surface area contributed by atoms with Crippen molar-refractivity contribution in [2.45, 2.75) is 38.1 Å². The highest BCUT2D eigenvalue weighted by atomic mass is 16.5. The number of pyridine rings is 1. The van der Waals surface area contributed by atoms with Crippen molar-refractivity contribution in [1.29, 1.82) is 0 Å². The molecule has 3 saturated heterocycles. The molecule has 3 fully saturated rings. The zero-order valence-corrected chi connectivity index (χ0v) is 17.0. The van der Waals surface area contributed by atoms with Crippen molar-refractivity contribution in [1.82, 2.24) is 24.9 Å². The van der Waals surface area contributed by atoms with Crippen LogP contribution in [0.25, 0.3) is 0 Å². The Labute approximate surface area is 170 Å². The van der Waals surface area contributed by atoms with Crippen molar-refractivity contribution < 1.29 is 14.1 Å². The van der Waals surface area contributed by atoms with Gasteiger partial charge in [-0.3, -0.25) is 14.7 Å². The van der Waals surface area contributed by atoms with E-state index >= 15 is 0 Å². The number of fused-ring (bicyclic) bond motifs is 1. The molecule has 0 spiro atoms. The second-order valence-electron chi connectivity index (χ2n) is 8.71. The summed E-state index contributed by atoms with van der Waals surface area (Å²) >= 11 is 0. The van der Waals surface area contributed by atoms with Crippen LogP contribution >= 0.6 is 0 Å². The summed E-state index contributed by atoms with van der Waals surface area (Å²) in [7, 11) is 0. The average Bonchev–Trinajstić information content (AvgIpc) is 3.40. The minimum absolute atomic E-state index is 0.0313. The van der Waals surface area contributed by atoms with E-state index in [1.165, 1.54) is 0 Å². The SMILES string of the molecule is Cc1cncc(C(=O)N2C[C@H]3CN(C4CCOCC4)C[C@@]3(c3nc(C)no3)C2)c1. The van der Waals surface area contributed by atoms with Gasteiger partial charge in [-0.1, -0.05) is 5.16 Å². The fourth-order valence-corrected chi connectivity index (χ4v) is 5.24. The van der Waals surface area contributed by atoms with Crippen molar-refractivity contribution in [3.63, 3.8) is 0 Å². The quantitative estimate of drug-likeness (QED) is 0.777. The molecule has 2 atom stereocenters. The molecule has 1 amide bonds. The molecule has 5 rings (SSSR count). The third kappa shape index (κ3) is 3.24. The molecule has 0 aliphatic carbocycles. The number of hydrogen-bond donors (Lipinski definition) is 0. The number of carbonyl (C=O) groups is 1. The van der Waals surface area contributed by atoms with Gasteiger partial charge >= 0.3 is 0 Å². The van der Waals surface area contributed by atoms with Crippen molar-refractivity contribution in [3.05, 3.63) is 41.3 Å². The van der Waals surface area contributed by atoms with Gasteiger partial charge in [0, 0.05) is 63.7 Å². The van der Waals surface area contributed by atoms with Crippen LogP contribution in [0.15, 0.2) is 23.0 Å². The van der Waals surface area contributed by atoms with Gasteiger partial charge in [0.05, 0.1) is 11.0 Å². The first-order valence-corrected chi connectivity index (χ1v) is 10.4. The summed E-state index contributed by atoms with van der Waals surface area (Å²) in [5, 5.41) is 4.06. The fourth-order valence-electron chi connectivity index (χ4n) is 5.24. The van der Waals surface area contributed by atoms with Crippen molar-refractivity contribution in [2.75, 3.05) is 39.4 Å². The van der Waals surface area contributed by atoms with E-state index in [9.17, 15) is 4.79 Å². The molecule has 0 saturated carbocycles. The molecule has 3 aliphatic heterocycles. The van der Waals surface area contributed by atoms with Gasteiger partial charge in [-0.15, -0.1) is 0 Å². The number of likely N-dealkylation sites (tertiary alicyclic amines) is 2. The molecule has 29 heavy (non-hydrogen) atoms. The van der Waals surface area contributed by atoms with Gasteiger partial charge in [0.2, 0.25) is 5.89 Å². The molecule has 3 aliphatic rings. The minimum Gasteiger partial charge on any atom is -0.381 e. The number of amides is 1. The third-order valence-corrected chi connectivity index (χ3v) is 6.71. The van der Waals surface area contributed by atoms with Crippen molar-refractivity contribution in [2.24, 2.45) is 5.92 Å². The van der Waals surface area contributed by atoms with Crippen LogP contribution in [0.4, 0.5) is 0 Å². The molecular formula is C21H27N5O3. The molecule has 8 heteroatoms. The van der Waals surface area contributed by atoms with Gasteiger partial charge in [0.25, 0.3) is 5.91 Å². The molecule has 5 heterocycles. The Hall–Kier alpha value is -2.32. The monoisotopic (exact) mass is 397 g/mol. The van der Waals surface area contributed by atoms with Gasteiger partial charge < -0.3 is 14.2 Å². The molecule has 154 valence electrons. The molecule has 0 bridgehead atoms. The minimum atomic E-state index is -0.299. The van der Waals surface area contributed by atoms with Crippen LogP contribution in [0.3, 0.4) is 0 Å². The number of rotatable bonds is 3. The Morgan fingerprint density at radius 1 is 1.17 bits per heavy atom. The van der Waals surface area contributed by atoms with Crippen molar-refractivity contribution in [3.8, 4) is 0 Å². The van der Waals surface area contributed by atoms with Gasteiger partial charge in [0.1, 0.15) is 0 Å². The molecular weight excluding hydrogens is 370 g/mol. The van der Waals surface area contributed by atoms with Gasteiger partial charge in [0.15, 0.2) is 5.82 Å². The summed E-state index contributed by atoms with van der Waals surface area (Å²) in [6.45, 7) is 8.55. The van der Waals surface area contributed by atoms with Crippen LogP contribution in [0.2, 0.25) is 0 Å². The highest BCUT2D eigenvalue weighted by molar-refractivity contribution is 5.94. The van der Waals surface area contributed by atoms with E-state index in [2.05, 4.69) is 20.0 Å². The maximum atomic E-state index is 13.2. The lowest BCUT2D eigenvalue weighted by Crippen LogP contribution is -2.44. The van der Waals surface area contributed by atoms with E-state index in [-0.39, 0.29) is 17.2 Å². The molecule has 0 aromatic carbocycles. The Bertz CT molecular complexity index is 909. The normalized spacial score (nSPS) is 28.1. The highest BCUT2D eigenvalue weighted by Gasteiger charge is 2.58. The number of ether oxygens (including phenoxy) is 1. The first-order valence-electron chi connectivity index (χ1n) is 10.4. The number of aromatic nitrogens is 3. The average molecular weight is 397 g/mol. The van der Waals surface area contributed by atoms with Crippen LogP contribution in [-0.4, -0.2) is 76.3 Å². The summed E-state index contributed by atoms with van der Waals surface area (Å²) in [6, 6.07) is 2.43. The molecule has 0 unspecified atom stereocenters.